The number of rotatable bonds is 7. The molecule has 0 aromatic heterocycles. The molecule has 2 aliphatic rings. The summed E-state index contributed by atoms with van der Waals surface area (Å²) in [6.07, 6.45) is 2.84. The van der Waals surface area contributed by atoms with E-state index in [0.29, 0.717) is 12.3 Å². The largest absolute Gasteiger partial charge is 0.459 e. The standard InChI is InChI=1S/C26H30N2O5/c1-18(27-26(31)33-17-20-11-6-3-7-12-20)24(29)28-22-14-8-13-21(22)15-23(28)25(30)32-16-19-9-4-2-5-10-19/h2-7,9-12,18,21-23H,8,13-17H2,1H3,(H,27,31)/t18-,21-,22-,23-/m0/s1. The van der Waals surface area contributed by atoms with E-state index in [4.69, 9.17) is 9.47 Å². The van der Waals surface area contributed by atoms with Crippen LogP contribution in [0.5, 0.6) is 0 Å². The third kappa shape index (κ3) is 5.53. The van der Waals surface area contributed by atoms with Gasteiger partial charge in [0.15, 0.2) is 0 Å². The van der Waals surface area contributed by atoms with Gasteiger partial charge in [-0.25, -0.2) is 9.59 Å². The fourth-order valence-corrected chi connectivity index (χ4v) is 4.87. The van der Waals surface area contributed by atoms with Crippen LogP contribution in [0, 0.1) is 5.92 Å². The van der Waals surface area contributed by atoms with Gasteiger partial charge in [-0.3, -0.25) is 4.79 Å². The summed E-state index contributed by atoms with van der Waals surface area (Å²) in [5, 5.41) is 2.62. The molecule has 1 saturated heterocycles. The van der Waals surface area contributed by atoms with Gasteiger partial charge < -0.3 is 19.7 Å². The Morgan fingerprint density at radius 1 is 0.939 bits per heavy atom. The number of benzene rings is 2. The quantitative estimate of drug-likeness (QED) is 0.649. The van der Waals surface area contributed by atoms with Crippen LogP contribution in [0.1, 0.15) is 43.7 Å². The second-order valence-electron chi connectivity index (χ2n) is 8.78. The van der Waals surface area contributed by atoms with Gasteiger partial charge in [0.25, 0.3) is 0 Å². The van der Waals surface area contributed by atoms with Crippen molar-refractivity contribution in [2.75, 3.05) is 0 Å². The number of nitrogens with zero attached hydrogens (tertiary/aromatic N) is 1. The first-order valence-electron chi connectivity index (χ1n) is 11.5. The van der Waals surface area contributed by atoms with Gasteiger partial charge in [-0.05, 0) is 43.2 Å². The number of nitrogens with one attached hydrogen (secondary N) is 1. The highest BCUT2D eigenvalue weighted by atomic mass is 16.5. The van der Waals surface area contributed by atoms with E-state index in [0.717, 1.165) is 30.4 Å². The SMILES string of the molecule is C[C@H](NC(=O)OCc1ccccc1)C(=O)N1[C@H](C(=O)OCc2ccccc2)C[C@@H]2CCC[C@@H]21. The number of carbonyl (C=O) groups excluding carboxylic acids is 3. The first-order chi connectivity index (χ1) is 16.0. The van der Waals surface area contributed by atoms with Crippen molar-refractivity contribution in [1.82, 2.24) is 10.2 Å². The number of carbonyl (C=O) groups is 3. The monoisotopic (exact) mass is 450 g/mol. The first-order valence-corrected chi connectivity index (χ1v) is 11.5. The summed E-state index contributed by atoms with van der Waals surface area (Å²) in [4.78, 5) is 40.2. The molecule has 2 aromatic rings. The molecule has 1 saturated carbocycles. The lowest BCUT2D eigenvalue weighted by Crippen LogP contribution is -2.53. The van der Waals surface area contributed by atoms with Crippen molar-refractivity contribution < 1.29 is 23.9 Å². The fourth-order valence-electron chi connectivity index (χ4n) is 4.87. The van der Waals surface area contributed by atoms with Crippen molar-refractivity contribution >= 4 is 18.0 Å². The third-order valence-electron chi connectivity index (χ3n) is 6.51. The summed E-state index contributed by atoms with van der Waals surface area (Å²) in [6.45, 7) is 1.92. The van der Waals surface area contributed by atoms with Gasteiger partial charge in [0, 0.05) is 6.04 Å². The van der Waals surface area contributed by atoms with Gasteiger partial charge >= 0.3 is 12.1 Å². The maximum absolute atomic E-state index is 13.3. The molecule has 0 radical (unpaired) electrons. The Kier molecular flexibility index (Phi) is 7.27. The second kappa shape index (κ2) is 10.5. The van der Waals surface area contributed by atoms with Crippen LogP contribution in [0.4, 0.5) is 4.79 Å². The number of ether oxygens (including phenoxy) is 2. The molecule has 2 aromatic carbocycles. The van der Waals surface area contributed by atoms with E-state index >= 15 is 0 Å². The fraction of sp³-hybridized carbons (Fsp3) is 0.423. The lowest BCUT2D eigenvalue weighted by atomic mass is 10.0. The molecule has 2 amide bonds. The van der Waals surface area contributed by atoms with Crippen LogP contribution < -0.4 is 5.32 Å². The van der Waals surface area contributed by atoms with Gasteiger partial charge in [-0.2, -0.15) is 0 Å². The molecule has 1 aliphatic carbocycles. The number of alkyl carbamates (subject to hydrolysis) is 1. The summed E-state index contributed by atoms with van der Waals surface area (Å²) >= 11 is 0. The molecule has 7 heteroatoms. The minimum absolute atomic E-state index is 0.0105. The number of hydrogen-bond acceptors (Lipinski definition) is 5. The predicted octanol–water partition coefficient (Wildman–Crippen LogP) is 3.81. The van der Waals surface area contributed by atoms with Crippen LogP contribution in [0.25, 0.3) is 0 Å². The van der Waals surface area contributed by atoms with Crippen molar-refractivity contribution in [1.29, 1.82) is 0 Å². The highest BCUT2D eigenvalue weighted by Crippen LogP contribution is 2.42. The zero-order valence-corrected chi connectivity index (χ0v) is 18.8. The molecule has 1 aliphatic heterocycles. The van der Waals surface area contributed by atoms with Crippen LogP contribution in [-0.4, -0.2) is 41.0 Å². The van der Waals surface area contributed by atoms with Crippen LogP contribution in [0.2, 0.25) is 0 Å². The molecular weight excluding hydrogens is 420 g/mol. The van der Waals surface area contributed by atoms with Crippen LogP contribution >= 0.6 is 0 Å². The van der Waals surface area contributed by atoms with E-state index in [9.17, 15) is 14.4 Å². The van der Waals surface area contributed by atoms with E-state index in [2.05, 4.69) is 5.32 Å². The molecule has 0 bridgehead atoms. The Balaban J connectivity index is 1.36. The Bertz CT molecular complexity index is 965. The van der Waals surface area contributed by atoms with E-state index < -0.39 is 18.2 Å². The van der Waals surface area contributed by atoms with E-state index in [1.165, 1.54) is 0 Å². The molecule has 1 N–H and O–H groups in total. The molecular formula is C26H30N2O5. The number of likely N-dealkylation sites (tertiary alicyclic amines) is 1. The summed E-state index contributed by atoms with van der Waals surface area (Å²) in [6, 6.07) is 17.4. The van der Waals surface area contributed by atoms with E-state index in [1.807, 2.05) is 60.7 Å². The predicted molar refractivity (Wildman–Crippen MR) is 122 cm³/mol. The molecule has 0 spiro atoms. The molecule has 4 atom stereocenters. The Morgan fingerprint density at radius 3 is 2.18 bits per heavy atom. The van der Waals surface area contributed by atoms with Gasteiger partial charge in [0.1, 0.15) is 25.3 Å². The molecule has 4 rings (SSSR count). The summed E-state index contributed by atoms with van der Waals surface area (Å²) in [5.74, 6) is -0.372. The van der Waals surface area contributed by atoms with Crippen molar-refractivity contribution in [2.45, 2.75) is 63.9 Å². The molecule has 7 nitrogen and oxygen atoms in total. The van der Waals surface area contributed by atoms with Crippen LogP contribution in [0.3, 0.4) is 0 Å². The Labute approximate surface area is 194 Å². The topological polar surface area (TPSA) is 84.9 Å². The van der Waals surface area contributed by atoms with Crippen LogP contribution in [0.15, 0.2) is 60.7 Å². The first kappa shape index (κ1) is 22.8. The maximum atomic E-state index is 13.3. The maximum Gasteiger partial charge on any atom is 0.408 e. The van der Waals surface area contributed by atoms with Crippen molar-refractivity contribution in [3.8, 4) is 0 Å². The van der Waals surface area contributed by atoms with E-state index in [1.54, 1.807) is 11.8 Å². The number of esters is 1. The third-order valence-corrected chi connectivity index (χ3v) is 6.51. The van der Waals surface area contributed by atoms with Gasteiger partial charge in [-0.15, -0.1) is 0 Å². The number of fused-ring (bicyclic) bond motifs is 1. The zero-order valence-electron chi connectivity index (χ0n) is 18.8. The second-order valence-corrected chi connectivity index (χ2v) is 8.78. The van der Waals surface area contributed by atoms with Gasteiger partial charge in [0.05, 0.1) is 0 Å². The summed E-state index contributed by atoms with van der Waals surface area (Å²) in [5.41, 5.74) is 1.76. The summed E-state index contributed by atoms with van der Waals surface area (Å²) in [7, 11) is 0. The van der Waals surface area contributed by atoms with Gasteiger partial charge in [0.2, 0.25) is 5.91 Å². The smallest absolute Gasteiger partial charge is 0.408 e. The van der Waals surface area contributed by atoms with Crippen molar-refractivity contribution in [2.24, 2.45) is 5.92 Å². The van der Waals surface area contributed by atoms with Crippen LogP contribution in [-0.2, 0) is 32.3 Å². The molecule has 1 heterocycles. The normalized spacial score (nSPS) is 22.3. The average Bonchev–Trinajstić information content (AvgIpc) is 3.43. The number of amides is 2. The summed E-state index contributed by atoms with van der Waals surface area (Å²) < 4.78 is 10.8. The molecule has 33 heavy (non-hydrogen) atoms. The highest BCUT2D eigenvalue weighted by molar-refractivity contribution is 5.90. The lowest BCUT2D eigenvalue weighted by molar-refractivity contribution is -0.156. The molecule has 0 unspecified atom stereocenters. The zero-order chi connectivity index (χ0) is 23.2. The minimum atomic E-state index is -0.808. The number of hydrogen-bond donors (Lipinski definition) is 1. The lowest BCUT2D eigenvalue weighted by Gasteiger charge is -2.31. The Hall–Kier alpha value is -3.35. The van der Waals surface area contributed by atoms with Crippen molar-refractivity contribution in [3.63, 3.8) is 0 Å². The minimum Gasteiger partial charge on any atom is -0.459 e. The molecule has 2 fully saturated rings. The average molecular weight is 451 g/mol. The Morgan fingerprint density at radius 2 is 1.55 bits per heavy atom. The highest BCUT2D eigenvalue weighted by Gasteiger charge is 2.50. The van der Waals surface area contributed by atoms with Gasteiger partial charge in [-0.1, -0.05) is 67.1 Å². The molecule has 174 valence electrons. The van der Waals surface area contributed by atoms with Crippen molar-refractivity contribution in [3.05, 3.63) is 71.8 Å². The van der Waals surface area contributed by atoms with E-state index in [-0.39, 0.29) is 31.1 Å².